The van der Waals surface area contributed by atoms with E-state index in [-0.39, 0.29) is 17.8 Å². The molecule has 6 heteroatoms. The Bertz CT molecular complexity index is 560. The number of carbonyl (C=O) groups excluding carboxylic acids is 2. The number of aromatic nitrogens is 1. The molecule has 1 amide bonds. The number of nitrogens with zero attached hydrogens (tertiary/aromatic N) is 1. The van der Waals surface area contributed by atoms with Gasteiger partial charge in [-0.25, -0.2) is 4.79 Å². The van der Waals surface area contributed by atoms with E-state index in [0.29, 0.717) is 5.69 Å². The van der Waals surface area contributed by atoms with Crippen molar-refractivity contribution in [2.45, 2.75) is 45.1 Å². The summed E-state index contributed by atoms with van der Waals surface area (Å²) in [5, 5.41) is 2.69. The van der Waals surface area contributed by atoms with Crippen LogP contribution in [0.3, 0.4) is 0 Å². The van der Waals surface area contributed by atoms with Gasteiger partial charge in [0.05, 0.1) is 13.0 Å². The molecule has 1 aromatic rings. The van der Waals surface area contributed by atoms with Gasteiger partial charge in [0.15, 0.2) is 0 Å². The van der Waals surface area contributed by atoms with Crippen LogP contribution >= 0.6 is 0 Å². The van der Waals surface area contributed by atoms with Crippen LogP contribution < -0.4 is 5.32 Å². The first kappa shape index (κ1) is 16.3. The number of esters is 1. The Hall–Kier alpha value is -2.11. The van der Waals surface area contributed by atoms with Crippen LogP contribution in [0.15, 0.2) is 18.3 Å². The fourth-order valence-corrected chi connectivity index (χ4v) is 2.39. The number of rotatable bonds is 3. The molecule has 0 saturated heterocycles. The molecule has 0 aromatic carbocycles. The van der Waals surface area contributed by atoms with Crippen molar-refractivity contribution in [3.63, 3.8) is 0 Å². The number of nitrogens with one attached hydrogen (secondary N) is 1. The number of methoxy groups -OCH3 is 1. The average molecular weight is 306 g/mol. The molecule has 0 radical (unpaired) electrons. The Labute approximate surface area is 130 Å². The molecule has 0 atom stereocenters. The number of amides is 1. The number of anilines is 1. The van der Waals surface area contributed by atoms with Crippen molar-refractivity contribution in [2.75, 3.05) is 12.4 Å². The molecule has 0 spiro atoms. The quantitative estimate of drug-likeness (QED) is 0.868. The molecular formula is C16H22N2O4. The Balaban J connectivity index is 1.94. The largest absolute Gasteiger partial charge is 0.469 e. The van der Waals surface area contributed by atoms with Crippen molar-refractivity contribution in [3.05, 3.63) is 24.0 Å². The molecule has 120 valence electrons. The molecular weight excluding hydrogens is 284 g/mol. The summed E-state index contributed by atoms with van der Waals surface area (Å²) in [6, 6.07) is 3.53. The van der Waals surface area contributed by atoms with Crippen molar-refractivity contribution in [2.24, 2.45) is 5.92 Å². The van der Waals surface area contributed by atoms with Crippen molar-refractivity contribution in [3.8, 4) is 0 Å². The second-order valence-electron chi connectivity index (χ2n) is 6.48. The summed E-state index contributed by atoms with van der Waals surface area (Å²) < 4.78 is 9.94. The summed E-state index contributed by atoms with van der Waals surface area (Å²) in [7, 11) is 1.40. The lowest BCUT2D eigenvalue weighted by Crippen LogP contribution is -2.30. The minimum absolute atomic E-state index is 0.0423. The van der Waals surface area contributed by atoms with E-state index in [1.165, 1.54) is 7.11 Å². The lowest BCUT2D eigenvalue weighted by atomic mass is 9.73. The van der Waals surface area contributed by atoms with Gasteiger partial charge in [-0.3, -0.25) is 15.1 Å². The predicted molar refractivity (Wildman–Crippen MR) is 81.6 cm³/mol. The van der Waals surface area contributed by atoms with Gasteiger partial charge >= 0.3 is 12.1 Å². The topological polar surface area (TPSA) is 77.5 Å². The third-order valence-electron chi connectivity index (χ3n) is 3.52. The Morgan fingerprint density at radius 2 is 2.00 bits per heavy atom. The molecule has 1 aliphatic rings. The Kier molecular flexibility index (Phi) is 4.68. The number of pyridine rings is 1. The summed E-state index contributed by atoms with van der Waals surface area (Å²) in [5.74, 6) is 0.0167. The van der Waals surface area contributed by atoms with E-state index >= 15 is 0 Å². The highest BCUT2D eigenvalue weighted by molar-refractivity contribution is 5.84. The maximum Gasteiger partial charge on any atom is 0.412 e. The second kappa shape index (κ2) is 6.34. The summed E-state index contributed by atoms with van der Waals surface area (Å²) in [5.41, 5.74) is 0.969. The highest BCUT2D eigenvalue weighted by Crippen LogP contribution is 2.41. The van der Waals surface area contributed by atoms with E-state index < -0.39 is 11.7 Å². The van der Waals surface area contributed by atoms with Gasteiger partial charge in [-0.15, -0.1) is 0 Å². The molecule has 0 aliphatic heterocycles. The monoisotopic (exact) mass is 306 g/mol. The van der Waals surface area contributed by atoms with Crippen molar-refractivity contribution in [1.29, 1.82) is 0 Å². The van der Waals surface area contributed by atoms with E-state index in [1.807, 2.05) is 26.8 Å². The zero-order valence-electron chi connectivity index (χ0n) is 13.4. The van der Waals surface area contributed by atoms with Gasteiger partial charge in [-0.2, -0.15) is 0 Å². The van der Waals surface area contributed by atoms with Crippen LogP contribution in [0.5, 0.6) is 0 Å². The van der Waals surface area contributed by atoms with Crippen LogP contribution in [0.4, 0.5) is 10.5 Å². The van der Waals surface area contributed by atoms with Gasteiger partial charge in [-0.05, 0) is 45.7 Å². The van der Waals surface area contributed by atoms with Crippen LogP contribution in [0, 0.1) is 5.92 Å². The third kappa shape index (κ3) is 4.19. The van der Waals surface area contributed by atoms with Gasteiger partial charge in [0.25, 0.3) is 0 Å². The average Bonchev–Trinajstić information content (AvgIpc) is 2.34. The minimum Gasteiger partial charge on any atom is -0.469 e. The first-order chi connectivity index (χ1) is 10.3. The molecule has 0 bridgehead atoms. The maximum atomic E-state index is 11.8. The van der Waals surface area contributed by atoms with Crippen LogP contribution in [0.2, 0.25) is 0 Å². The molecule has 1 fully saturated rings. The lowest BCUT2D eigenvalue weighted by molar-refractivity contribution is -0.148. The minimum atomic E-state index is -0.540. The number of hydrogen-bond donors (Lipinski definition) is 1. The van der Waals surface area contributed by atoms with Crippen molar-refractivity contribution >= 4 is 17.7 Å². The SMILES string of the molecule is COC(=O)C1CC(c2cc(NC(=O)OC(C)(C)C)ccn2)C1. The number of ether oxygens (including phenoxy) is 2. The molecule has 2 rings (SSSR count). The molecule has 1 saturated carbocycles. The molecule has 6 nitrogen and oxygen atoms in total. The molecule has 22 heavy (non-hydrogen) atoms. The predicted octanol–water partition coefficient (Wildman–Crippen LogP) is 3.10. The fourth-order valence-electron chi connectivity index (χ4n) is 2.39. The molecule has 0 unspecified atom stereocenters. The Morgan fingerprint density at radius 3 is 2.59 bits per heavy atom. The fraction of sp³-hybridized carbons (Fsp3) is 0.562. The van der Waals surface area contributed by atoms with Crippen LogP contribution in [0.25, 0.3) is 0 Å². The second-order valence-corrected chi connectivity index (χ2v) is 6.48. The van der Waals surface area contributed by atoms with Crippen LogP contribution in [-0.4, -0.2) is 29.8 Å². The van der Waals surface area contributed by atoms with Gasteiger partial charge in [0, 0.05) is 23.5 Å². The van der Waals surface area contributed by atoms with Crippen molar-refractivity contribution < 1.29 is 19.1 Å². The first-order valence-electron chi connectivity index (χ1n) is 7.32. The zero-order valence-corrected chi connectivity index (χ0v) is 13.4. The van der Waals surface area contributed by atoms with Gasteiger partial charge in [0.1, 0.15) is 5.60 Å². The number of hydrogen-bond acceptors (Lipinski definition) is 5. The van der Waals surface area contributed by atoms with Gasteiger partial charge in [0.2, 0.25) is 0 Å². The van der Waals surface area contributed by atoms with Gasteiger partial charge in [-0.1, -0.05) is 0 Å². The normalized spacial score (nSPS) is 20.7. The summed E-state index contributed by atoms with van der Waals surface area (Å²) >= 11 is 0. The third-order valence-corrected chi connectivity index (χ3v) is 3.52. The van der Waals surface area contributed by atoms with E-state index in [9.17, 15) is 9.59 Å². The number of carbonyl (C=O) groups is 2. The summed E-state index contributed by atoms with van der Waals surface area (Å²) in [6.07, 6.45) is 2.62. The van der Waals surface area contributed by atoms with Crippen LogP contribution in [-0.2, 0) is 14.3 Å². The maximum absolute atomic E-state index is 11.8. The van der Waals surface area contributed by atoms with E-state index in [1.54, 1.807) is 12.3 Å². The molecule has 1 aliphatic carbocycles. The van der Waals surface area contributed by atoms with Gasteiger partial charge < -0.3 is 9.47 Å². The smallest absolute Gasteiger partial charge is 0.412 e. The van der Waals surface area contributed by atoms with E-state index in [4.69, 9.17) is 9.47 Å². The highest BCUT2D eigenvalue weighted by Gasteiger charge is 2.36. The highest BCUT2D eigenvalue weighted by atomic mass is 16.6. The molecule has 1 heterocycles. The lowest BCUT2D eigenvalue weighted by Gasteiger charge is -2.32. The standard InChI is InChI=1S/C16H22N2O4/c1-16(2,3)22-15(20)18-12-5-6-17-13(9-12)10-7-11(8-10)14(19)21-4/h5-6,9-11H,7-8H2,1-4H3,(H,17,18,20). The van der Waals surface area contributed by atoms with E-state index in [0.717, 1.165) is 18.5 Å². The Morgan fingerprint density at radius 1 is 1.32 bits per heavy atom. The summed E-state index contributed by atoms with van der Waals surface area (Å²) in [4.78, 5) is 27.5. The summed E-state index contributed by atoms with van der Waals surface area (Å²) in [6.45, 7) is 5.43. The zero-order chi connectivity index (χ0) is 16.3. The van der Waals surface area contributed by atoms with E-state index in [2.05, 4.69) is 10.3 Å². The molecule has 1 aromatic heterocycles. The molecule has 1 N–H and O–H groups in total. The van der Waals surface area contributed by atoms with Crippen molar-refractivity contribution in [1.82, 2.24) is 4.98 Å². The first-order valence-corrected chi connectivity index (χ1v) is 7.32. The van der Waals surface area contributed by atoms with Crippen LogP contribution in [0.1, 0.15) is 45.2 Å².